The SMILES string of the molecule is NC1CC(=O)N(c2ccc(S(=O)(=O)N3CCN(c4cc(C(F)(F)c5ccccc5)nc(C5CC5)n4)CC3)cc2)C1. The molecule has 1 amide bonds. The van der Waals surface area contributed by atoms with Gasteiger partial charge in [-0.2, -0.15) is 13.1 Å². The van der Waals surface area contributed by atoms with E-state index >= 15 is 8.78 Å². The first-order valence-corrected chi connectivity index (χ1v) is 14.8. The Balaban J connectivity index is 1.18. The van der Waals surface area contributed by atoms with Crippen LogP contribution < -0.4 is 15.5 Å². The summed E-state index contributed by atoms with van der Waals surface area (Å²) in [6.07, 6.45) is 2.00. The van der Waals surface area contributed by atoms with Crippen molar-refractivity contribution in [3.8, 4) is 0 Å². The van der Waals surface area contributed by atoms with Crippen LogP contribution in [-0.2, 0) is 20.7 Å². The molecular formula is C28H30F2N6O3S. The standard InChI is InChI=1S/C28H30F2N6O3S/c29-28(30,20-4-2-1-3-5-20)24-17-25(33-27(32-24)19-6-7-19)34-12-14-35(15-13-34)40(38,39)23-10-8-22(9-11-23)36-18-21(31)16-26(36)37/h1-5,8-11,17,19,21H,6-7,12-16,18,31H2. The molecule has 3 aliphatic rings. The quantitative estimate of drug-likeness (QED) is 0.466. The van der Waals surface area contributed by atoms with Gasteiger partial charge in [0, 0.05) is 68.4 Å². The molecule has 210 valence electrons. The monoisotopic (exact) mass is 568 g/mol. The first-order valence-electron chi connectivity index (χ1n) is 13.4. The average molecular weight is 569 g/mol. The van der Waals surface area contributed by atoms with Crippen LogP contribution in [0.2, 0.25) is 0 Å². The first-order chi connectivity index (χ1) is 19.1. The summed E-state index contributed by atoms with van der Waals surface area (Å²) in [4.78, 5) is 24.5. The van der Waals surface area contributed by atoms with Gasteiger partial charge in [0.25, 0.3) is 0 Å². The van der Waals surface area contributed by atoms with E-state index in [2.05, 4.69) is 9.97 Å². The summed E-state index contributed by atoms with van der Waals surface area (Å²) in [7, 11) is -3.79. The lowest BCUT2D eigenvalue weighted by atomic mass is 10.0. The van der Waals surface area contributed by atoms with Gasteiger partial charge in [0.05, 0.1) is 4.90 Å². The molecule has 6 rings (SSSR count). The van der Waals surface area contributed by atoms with Crippen molar-refractivity contribution < 1.29 is 22.0 Å². The third-order valence-corrected chi connectivity index (χ3v) is 9.55. The summed E-state index contributed by atoms with van der Waals surface area (Å²) in [5.74, 6) is -2.50. The lowest BCUT2D eigenvalue weighted by molar-refractivity contribution is -0.117. The summed E-state index contributed by atoms with van der Waals surface area (Å²) in [5, 5.41) is 0. The number of aromatic nitrogens is 2. The number of anilines is 2. The van der Waals surface area contributed by atoms with Crippen LogP contribution in [0.4, 0.5) is 20.3 Å². The van der Waals surface area contributed by atoms with Gasteiger partial charge in [0.1, 0.15) is 17.3 Å². The van der Waals surface area contributed by atoms with Crippen LogP contribution in [0.25, 0.3) is 0 Å². The summed E-state index contributed by atoms with van der Waals surface area (Å²) < 4.78 is 59.0. The fourth-order valence-electron chi connectivity index (χ4n) is 5.18. The highest BCUT2D eigenvalue weighted by Gasteiger charge is 2.39. The normalized spacial score (nSPS) is 20.8. The molecule has 40 heavy (non-hydrogen) atoms. The Bertz CT molecular complexity index is 1510. The second-order valence-corrected chi connectivity index (χ2v) is 12.5. The Morgan fingerprint density at radius 1 is 0.925 bits per heavy atom. The number of rotatable bonds is 7. The molecule has 3 fully saturated rings. The van der Waals surface area contributed by atoms with Gasteiger partial charge in [-0.25, -0.2) is 18.4 Å². The van der Waals surface area contributed by atoms with E-state index in [4.69, 9.17) is 5.73 Å². The minimum absolute atomic E-state index is 0.0708. The predicted molar refractivity (Wildman–Crippen MR) is 146 cm³/mol. The smallest absolute Gasteiger partial charge is 0.315 e. The van der Waals surface area contributed by atoms with E-state index in [1.54, 1.807) is 35.2 Å². The zero-order valence-corrected chi connectivity index (χ0v) is 22.6. The van der Waals surface area contributed by atoms with Crippen molar-refractivity contribution in [1.82, 2.24) is 14.3 Å². The van der Waals surface area contributed by atoms with Crippen molar-refractivity contribution in [2.24, 2.45) is 5.73 Å². The van der Waals surface area contributed by atoms with Gasteiger partial charge in [0.15, 0.2) is 0 Å². The van der Waals surface area contributed by atoms with Crippen LogP contribution in [0.3, 0.4) is 0 Å². The lowest BCUT2D eigenvalue weighted by Crippen LogP contribution is -2.49. The molecule has 2 saturated heterocycles. The van der Waals surface area contributed by atoms with E-state index in [0.717, 1.165) is 12.8 Å². The molecule has 9 nitrogen and oxygen atoms in total. The van der Waals surface area contributed by atoms with E-state index in [9.17, 15) is 13.2 Å². The minimum Gasteiger partial charge on any atom is -0.354 e. The number of hydrogen-bond donors (Lipinski definition) is 1. The number of halogens is 2. The minimum atomic E-state index is -3.79. The number of nitrogens with zero attached hydrogens (tertiary/aromatic N) is 5. The Labute approximate surface area is 231 Å². The van der Waals surface area contributed by atoms with Gasteiger partial charge in [-0.1, -0.05) is 30.3 Å². The maximum Gasteiger partial charge on any atom is 0.315 e. The highest BCUT2D eigenvalue weighted by molar-refractivity contribution is 7.89. The molecular weight excluding hydrogens is 538 g/mol. The summed E-state index contributed by atoms with van der Waals surface area (Å²) in [6, 6.07) is 14.9. The fraction of sp³-hybridized carbons (Fsp3) is 0.393. The van der Waals surface area contributed by atoms with Gasteiger partial charge in [-0.05, 0) is 37.1 Å². The van der Waals surface area contributed by atoms with Crippen molar-refractivity contribution in [2.75, 3.05) is 42.5 Å². The Hall–Kier alpha value is -3.48. The molecule has 2 aliphatic heterocycles. The van der Waals surface area contributed by atoms with Gasteiger partial charge in [-0.3, -0.25) is 4.79 Å². The van der Waals surface area contributed by atoms with Crippen LogP contribution in [-0.4, -0.2) is 67.4 Å². The van der Waals surface area contributed by atoms with Gasteiger partial charge in [0.2, 0.25) is 15.9 Å². The second kappa shape index (κ2) is 10.2. The number of carbonyl (C=O) groups is 1. The van der Waals surface area contributed by atoms with Crippen molar-refractivity contribution >= 4 is 27.4 Å². The number of amides is 1. The summed E-state index contributed by atoms with van der Waals surface area (Å²) in [5.41, 5.74) is 5.99. The van der Waals surface area contributed by atoms with Crippen molar-refractivity contribution in [2.45, 2.75) is 42.0 Å². The Morgan fingerprint density at radius 2 is 1.60 bits per heavy atom. The van der Waals surface area contributed by atoms with Gasteiger partial charge >= 0.3 is 5.92 Å². The molecule has 2 N–H and O–H groups in total. The summed E-state index contributed by atoms with van der Waals surface area (Å²) in [6.45, 7) is 1.36. The molecule has 12 heteroatoms. The predicted octanol–water partition coefficient (Wildman–Crippen LogP) is 3.07. The third kappa shape index (κ3) is 5.06. The van der Waals surface area contributed by atoms with Crippen LogP contribution in [0.15, 0.2) is 65.6 Å². The van der Waals surface area contributed by atoms with Crippen LogP contribution in [0.5, 0.6) is 0 Å². The highest BCUT2D eigenvalue weighted by Crippen LogP contribution is 2.41. The van der Waals surface area contributed by atoms with Crippen LogP contribution in [0, 0.1) is 0 Å². The summed E-state index contributed by atoms with van der Waals surface area (Å²) >= 11 is 0. The van der Waals surface area contributed by atoms with Crippen LogP contribution in [0.1, 0.15) is 42.3 Å². The zero-order chi connectivity index (χ0) is 28.1. The Kier molecular flexibility index (Phi) is 6.79. The van der Waals surface area contributed by atoms with E-state index in [1.807, 2.05) is 4.90 Å². The molecule has 3 heterocycles. The molecule has 1 unspecified atom stereocenters. The molecule has 0 radical (unpaired) electrons. The fourth-order valence-corrected chi connectivity index (χ4v) is 6.61. The third-order valence-electron chi connectivity index (χ3n) is 7.63. The number of piperazine rings is 1. The molecule has 3 aromatic rings. The number of nitrogens with two attached hydrogens (primary N) is 1. The zero-order valence-electron chi connectivity index (χ0n) is 21.8. The molecule has 2 aromatic carbocycles. The second-order valence-electron chi connectivity index (χ2n) is 10.5. The average Bonchev–Trinajstić information content (AvgIpc) is 3.77. The maximum absolute atomic E-state index is 15.4. The topological polar surface area (TPSA) is 113 Å². The first kappa shape index (κ1) is 26.7. The largest absolute Gasteiger partial charge is 0.354 e. The van der Waals surface area contributed by atoms with Crippen molar-refractivity contribution in [1.29, 1.82) is 0 Å². The van der Waals surface area contributed by atoms with Crippen molar-refractivity contribution in [3.63, 3.8) is 0 Å². The number of carbonyl (C=O) groups excluding carboxylic acids is 1. The molecule has 1 saturated carbocycles. The van der Waals surface area contributed by atoms with E-state index in [1.165, 1.54) is 34.6 Å². The maximum atomic E-state index is 15.4. The number of benzene rings is 2. The number of sulfonamides is 1. The van der Waals surface area contributed by atoms with E-state index < -0.39 is 15.9 Å². The lowest BCUT2D eigenvalue weighted by Gasteiger charge is -2.35. The highest BCUT2D eigenvalue weighted by atomic mass is 32.2. The van der Waals surface area contributed by atoms with E-state index in [-0.39, 0.29) is 53.5 Å². The molecule has 0 spiro atoms. The van der Waals surface area contributed by atoms with Gasteiger partial charge in [-0.15, -0.1) is 0 Å². The molecule has 1 aliphatic carbocycles. The number of alkyl halides is 2. The Morgan fingerprint density at radius 3 is 2.20 bits per heavy atom. The van der Waals surface area contributed by atoms with Crippen molar-refractivity contribution in [3.05, 3.63) is 77.7 Å². The van der Waals surface area contributed by atoms with E-state index in [0.29, 0.717) is 37.0 Å². The molecule has 1 aromatic heterocycles. The number of hydrogen-bond acceptors (Lipinski definition) is 7. The van der Waals surface area contributed by atoms with Gasteiger partial charge < -0.3 is 15.5 Å². The molecule has 0 bridgehead atoms. The van der Waals surface area contributed by atoms with Crippen LogP contribution >= 0.6 is 0 Å². The molecule has 1 atom stereocenters.